The van der Waals surface area contributed by atoms with Gasteiger partial charge in [0.1, 0.15) is 16.9 Å². The Kier molecular flexibility index (Phi) is 7.42. The smallest absolute Gasteiger partial charge is 0.326 e. The second kappa shape index (κ2) is 9.57. The minimum atomic E-state index is -1.17. The van der Waals surface area contributed by atoms with E-state index >= 15 is 0 Å². The van der Waals surface area contributed by atoms with Gasteiger partial charge in [-0.3, -0.25) is 4.79 Å². The molecule has 9 heteroatoms. The van der Waals surface area contributed by atoms with Gasteiger partial charge in [0.2, 0.25) is 0 Å². The minimum Gasteiger partial charge on any atom is -0.505 e. The number of hydrogen-bond acceptors (Lipinski definition) is 6. The van der Waals surface area contributed by atoms with Gasteiger partial charge in [0.25, 0.3) is 5.91 Å². The van der Waals surface area contributed by atoms with Crippen LogP contribution in [0.25, 0.3) is 10.8 Å². The van der Waals surface area contributed by atoms with Gasteiger partial charge in [-0.1, -0.05) is 11.6 Å². The molecular formula is C19H24ClN3O5. The Balaban J connectivity index is 2.31. The van der Waals surface area contributed by atoms with Gasteiger partial charge in [0.05, 0.1) is 6.10 Å². The number of carboxylic acids is 1. The Morgan fingerprint density at radius 2 is 2.00 bits per heavy atom. The Morgan fingerprint density at radius 1 is 1.29 bits per heavy atom. The van der Waals surface area contributed by atoms with Crippen LogP contribution in [0.5, 0.6) is 11.5 Å². The third-order valence-corrected chi connectivity index (χ3v) is 4.33. The van der Waals surface area contributed by atoms with E-state index < -0.39 is 17.9 Å². The summed E-state index contributed by atoms with van der Waals surface area (Å²) in [4.78, 5) is 27.9. The molecular weight excluding hydrogens is 386 g/mol. The number of halogens is 1. The SMILES string of the molecule is CC(C)Oc1ccc2c(O)c(C(=O)NC(CCCCN)C(=O)O)nc(Cl)c2c1. The van der Waals surface area contributed by atoms with Gasteiger partial charge in [-0.15, -0.1) is 0 Å². The van der Waals surface area contributed by atoms with Gasteiger partial charge < -0.3 is 26.0 Å². The molecule has 0 aliphatic heterocycles. The number of carbonyl (C=O) groups is 2. The van der Waals surface area contributed by atoms with E-state index in [0.29, 0.717) is 35.9 Å². The van der Waals surface area contributed by atoms with Crippen molar-refractivity contribution in [1.82, 2.24) is 10.3 Å². The number of aromatic hydroxyl groups is 1. The van der Waals surface area contributed by atoms with Gasteiger partial charge in [0, 0.05) is 10.8 Å². The lowest BCUT2D eigenvalue weighted by atomic mass is 10.1. The maximum Gasteiger partial charge on any atom is 0.326 e. The highest BCUT2D eigenvalue weighted by Crippen LogP contribution is 2.34. The Bertz CT molecular complexity index is 872. The third kappa shape index (κ3) is 5.24. The quantitative estimate of drug-likeness (QED) is 0.369. The van der Waals surface area contributed by atoms with E-state index in [0.717, 1.165) is 0 Å². The Morgan fingerprint density at radius 3 is 2.61 bits per heavy atom. The largest absolute Gasteiger partial charge is 0.505 e. The van der Waals surface area contributed by atoms with Gasteiger partial charge >= 0.3 is 5.97 Å². The summed E-state index contributed by atoms with van der Waals surface area (Å²) in [5.74, 6) is -1.82. The molecule has 1 atom stereocenters. The van der Waals surface area contributed by atoms with Crippen LogP contribution in [0.15, 0.2) is 18.2 Å². The zero-order chi connectivity index (χ0) is 20.8. The van der Waals surface area contributed by atoms with Crippen molar-refractivity contribution >= 4 is 34.2 Å². The first-order chi connectivity index (χ1) is 13.2. The highest BCUT2D eigenvalue weighted by Gasteiger charge is 2.24. The van der Waals surface area contributed by atoms with Crippen molar-refractivity contribution in [3.05, 3.63) is 29.0 Å². The first-order valence-corrected chi connectivity index (χ1v) is 9.35. The number of pyridine rings is 1. The number of ether oxygens (including phenoxy) is 1. The summed E-state index contributed by atoms with van der Waals surface area (Å²) in [7, 11) is 0. The Hall–Kier alpha value is -2.58. The molecule has 5 N–H and O–H groups in total. The van der Waals surface area contributed by atoms with E-state index in [2.05, 4.69) is 10.3 Å². The summed E-state index contributed by atoms with van der Waals surface area (Å²) < 4.78 is 5.60. The average molecular weight is 410 g/mol. The number of fused-ring (bicyclic) bond motifs is 1. The van der Waals surface area contributed by atoms with E-state index in [1.807, 2.05) is 13.8 Å². The van der Waals surface area contributed by atoms with E-state index in [9.17, 15) is 19.8 Å². The standard InChI is InChI=1S/C19H24ClN3O5/c1-10(2)28-11-6-7-12-13(9-11)17(20)23-15(16(12)24)18(25)22-14(19(26)27)5-3-4-8-21/h6-7,9-10,14,24H,3-5,8,21H2,1-2H3,(H,22,25)(H,26,27). The van der Waals surface area contributed by atoms with Crippen molar-refractivity contribution < 1.29 is 24.5 Å². The van der Waals surface area contributed by atoms with Crippen LogP contribution in [-0.2, 0) is 4.79 Å². The molecule has 28 heavy (non-hydrogen) atoms. The highest BCUT2D eigenvalue weighted by atomic mass is 35.5. The van der Waals surface area contributed by atoms with Crippen LogP contribution in [-0.4, -0.2) is 45.8 Å². The lowest BCUT2D eigenvalue weighted by Crippen LogP contribution is -2.41. The topological polar surface area (TPSA) is 135 Å². The van der Waals surface area contributed by atoms with Crippen LogP contribution >= 0.6 is 11.6 Å². The number of unbranched alkanes of at least 4 members (excludes halogenated alkanes) is 1. The zero-order valence-electron chi connectivity index (χ0n) is 15.7. The number of nitrogens with two attached hydrogens (primary N) is 1. The van der Waals surface area contributed by atoms with Crippen molar-refractivity contribution in [2.24, 2.45) is 5.73 Å². The summed E-state index contributed by atoms with van der Waals surface area (Å²) in [6, 6.07) is 3.73. The number of rotatable bonds is 9. The number of amides is 1. The molecule has 8 nitrogen and oxygen atoms in total. The summed E-state index contributed by atoms with van der Waals surface area (Å²) in [6.07, 6.45) is 1.36. The molecule has 0 fully saturated rings. The lowest BCUT2D eigenvalue weighted by Gasteiger charge is -2.16. The van der Waals surface area contributed by atoms with Crippen molar-refractivity contribution in [3.63, 3.8) is 0 Å². The van der Waals surface area contributed by atoms with E-state index in [1.165, 1.54) is 0 Å². The molecule has 1 heterocycles. The lowest BCUT2D eigenvalue weighted by molar-refractivity contribution is -0.139. The molecule has 2 rings (SSSR count). The number of nitrogens with one attached hydrogen (secondary N) is 1. The molecule has 1 aromatic heterocycles. The van der Waals surface area contributed by atoms with Gasteiger partial charge in [0.15, 0.2) is 11.4 Å². The Labute approximate surface area is 167 Å². The van der Waals surface area contributed by atoms with E-state index in [-0.39, 0.29) is 29.1 Å². The molecule has 0 bridgehead atoms. The fourth-order valence-corrected chi connectivity index (χ4v) is 2.96. The monoisotopic (exact) mass is 409 g/mol. The van der Waals surface area contributed by atoms with Crippen LogP contribution in [0.1, 0.15) is 43.6 Å². The summed E-state index contributed by atoms with van der Waals surface area (Å²) >= 11 is 6.20. The molecule has 0 saturated heterocycles. The molecule has 1 aromatic carbocycles. The normalized spacial score (nSPS) is 12.2. The van der Waals surface area contributed by atoms with Crippen LogP contribution in [0.2, 0.25) is 5.15 Å². The second-order valence-electron chi connectivity index (χ2n) is 6.62. The summed E-state index contributed by atoms with van der Waals surface area (Å²) in [5.41, 5.74) is 5.07. The molecule has 0 saturated carbocycles. The van der Waals surface area contributed by atoms with Gasteiger partial charge in [-0.2, -0.15) is 0 Å². The fraction of sp³-hybridized carbons (Fsp3) is 0.421. The molecule has 0 aliphatic carbocycles. The van der Waals surface area contributed by atoms with Crippen molar-refractivity contribution in [2.45, 2.75) is 45.3 Å². The molecule has 2 aromatic rings. The number of carbonyl (C=O) groups excluding carboxylic acids is 1. The zero-order valence-corrected chi connectivity index (χ0v) is 16.5. The molecule has 1 unspecified atom stereocenters. The van der Waals surface area contributed by atoms with Crippen LogP contribution < -0.4 is 15.8 Å². The molecule has 1 amide bonds. The predicted molar refractivity (Wildman–Crippen MR) is 106 cm³/mol. The molecule has 0 spiro atoms. The molecule has 0 radical (unpaired) electrons. The fourth-order valence-electron chi connectivity index (χ4n) is 2.72. The number of benzene rings is 1. The third-order valence-electron chi connectivity index (χ3n) is 4.04. The van der Waals surface area contributed by atoms with Crippen LogP contribution in [0.3, 0.4) is 0 Å². The highest BCUT2D eigenvalue weighted by molar-refractivity contribution is 6.35. The predicted octanol–water partition coefficient (Wildman–Crippen LogP) is 2.69. The van der Waals surface area contributed by atoms with E-state index in [1.54, 1.807) is 18.2 Å². The van der Waals surface area contributed by atoms with Gasteiger partial charge in [-0.05, 0) is 57.9 Å². The number of aromatic nitrogens is 1. The van der Waals surface area contributed by atoms with Crippen molar-refractivity contribution in [3.8, 4) is 11.5 Å². The number of carboxylic acid groups (broad SMARTS) is 1. The average Bonchev–Trinajstić information content (AvgIpc) is 2.63. The van der Waals surface area contributed by atoms with Crippen molar-refractivity contribution in [2.75, 3.05) is 6.54 Å². The molecule has 152 valence electrons. The summed E-state index contributed by atoms with van der Waals surface area (Å²) in [6.45, 7) is 4.19. The number of hydrogen-bond donors (Lipinski definition) is 4. The minimum absolute atomic E-state index is 0.00200. The van der Waals surface area contributed by atoms with Crippen LogP contribution in [0, 0.1) is 0 Å². The maximum atomic E-state index is 12.5. The van der Waals surface area contributed by atoms with Crippen LogP contribution in [0.4, 0.5) is 0 Å². The first-order valence-electron chi connectivity index (χ1n) is 8.97. The maximum absolute atomic E-state index is 12.5. The van der Waals surface area contributed by atoms with Gasteiger partial charge in [-0.25, -0.2) is 9.78 Å². The summed E-state index contributed by atoms with van der Waals surface area (Å²) in [5, 5.41) is 22.9. The molecule has 0 aliphatic rings. The number of aliphatic carboxylic acids is 1. The second-order valence-corrected chi connectivity index (χ2v) is 6.98. The first kappa shape index (κ1) is 21.7. The van der Waals surface area contributed by atoms with Crippen molar-refractivity contribution in [1.29, 1.82) is 0 Å². The number of nitrogens with zero attached hydrogens (tertiary/aromatic N) is 1. The van der Waals surface area contributed by atoms with E-state index in [4.69, 9.17) is 22.1 Å².